The molecule has 1 aliphatic carbocycles. The van der Waals surface area contributed by atoms with Crippen LogP contribution in [0, 0.1) is 11.8 Å². The number of rotatable bonds is 6. The third-order valence-electron chi connectivity index (χ3n) is 5.16. The first-order valence-corrected chi connectivity index (χ1v) is 9.40. The van der Waals surface area contributed by atoms with Crippen molar-refractivity contribution in [2.45, 2.75) is 38.3 Å². The minimum atomic E-state index is -4.40. The fourth-order valence-corrected chi connectivity index (χ4v) is 3.58. The van der Waals surface area contributed by atoms with Crippen LogP contribution >= 0.6 is 0 Å². The third kappa shape index (κ3) is 7.05. The summed E-state index contributed by atoms with van der Waals surface area (Å²) in [5.41, 5.74) is -0.763. The molecule has 152 valence electrons. The lowest BCUT2D eigenvalue weighted by atomic mass is 9.80. The SMILES string of the molecule is CN(C)CC1CCC(CCN(C)C(=O)Oc2ccc(C(F)(F)F)cc2)CC1. The average Bonchev–Trinajstić information content (AvgIpc) is 2.60. The summed E-state index contributed by atoms with van der Waals surface area (Å²) in [5, 5.41) is 0. The van der Waals surface area contributed by atoms with Gasteiger partial charge in [-0.25, -0.2) is 4.79 Å². The molecule has 0 unspecified atom stereocenters. The van der Waals surface area contributed by atoms with Gasteiger partial charge in [-0.3, -0.25) is 0 Å². The molecule has 7 heteroatoms. The van der Waals surface area contributed by atoms with Crippen LogP contribution in [-0.4, -0.2) is 50.1 Å². The summed E-state index contributed by atoms with van der Waals surface area (Å²) in [6.45, 7) is 1.72. The van der Waals surface area contributed by atoms with Crippen molar-refractivity contribution in [3.63, 3.8) is 0 Å². The van der Waals surface area contributed by atoms with Crippen LogP contribution in [0.3, 0.4) is 0 Å². The van der Waals surface area contributed by atoms with Crippen LogP contribution in [0.1, 0.15) is 37.7 Å². The average molecular weight is 386 g/mol. The fraction of sp³-hybridized carbons (Fsp3) is 0.650. The molecule has 1 saturated carbocycles. The van der Waals surface area contributed by atoms with Gasteiger partial charge in [0.1, 0.15) is 5.75 Å². The van der Waals surface area contributed by atoms with Crippen LogP contribution < -0.4 is 4.74 Å². The Morgan fingerprint density at radius 1 is 1.04 bits per heavy atom. The van der Waals surface area contributed by atoms with Crippen molar-refractivity contribution >= 4 is 6.09 Å². The van der Waals surface area contributed by atoms with Gasteiger partial charge in [-0.2, -0.15) is 13.2 Å². The van der Waals surface area contributed by atoms with E-state index in [4.69, 9.17) is 4.74 Å². The van der Waals surface area contributed by atoms with Crippen molar-refractivity contribution < 1.29 is 22.7 Å². The molecule has 0 radical (unpaired) electrons. The molecular formula is C20H29F3N2O2. The number of carbonyl (C=O) groups is 1. The van der Waals surface area contributed by atoms with E-state index in [0.29, 0.717) is 12.5 Å². The number of benzene rings is 1. The number of hydrogen-bond donors (Lipinski definition) is 0. The van der Waals surface area contributed by atoms with Gasteiger partial charge < -0.3 is 14.5 Å². The molecule has 2 rings (SSSR count). The van der Waals surface area contributed by atoms with E-state index in [-0.39, 0.29) is 5.75 Å². The standard InChI is InChI=1S/C20H29F3N2O2/c1-24(2)14-16-6-4-15(5-7-16)12-13-25(3)19(26)27-18-10-8-17(9-11-18)20(21,22)23/h8-11,15-16H,4-7,12-14H2,1-3H3. The zero-order valence-electron chi connectivity index (χ0n) is 16.3. The molecule has 0 atom stereocenters. The van der Waals surface area contributed by atoms with E-state index < -0.39 is 17.8 Å². The summed E-state index contributed by atoms with van der Waals surface area (Å²) >= 11 is 0. The number of amides is 1. The molecule has 0 heterocycles. The van der Waals surface area contributed by atoms with Crippen molar-refractivity contribution in [1.29, 1.82) is 0 Å². The summed E-state index contributed by atoms with van der Waals surface area (Å²) in [6.07, 6.45) is 0.792. The Balaban J connectivity index is 1.73. The normalized spacial score (nSPS) is 20.6. The van der Waals surface area contributed by atoms with Gasteiger partial charge >= 0.3 is 12.3 Å². The summed E-state index contributed by atoms with van der Waals surface area (Å²) in [7, 11) is 5.86. The van der Waals surface area contributed by atoms with Crippen molar-refractivity contribution in [2.24, 2.45) is 11.8 Å². The zero-order valence-corrected chi connectivity index (χ0v) is 16.3. The van der Waals surface area contributed by atoms with E-state index in [1.807, 2.05) is 0 Å². The quantitative estimate of drug-likeness (QED) is 0.698. The van der Waals surface area contributed by atoms with Gasteiger partial charge in [0.25, 0.3) is 0 Å². The molecule has 4 nitrogen and oxygen atoms in total. The first-order chi connectivity index (χ1) is 12.6. The highest BCUT2D eigenvalue weighted by Crippen LogP contribution is 2.32. The maximum Gasteiger partial charge on any atom is 0.416 e. The van der Waals surface area contributed by atoms with Crippen LogP contribution in [0.4, 0.5) is 18.0 Å². The van der Waals surface area contributed by atoms with Crippen molar-refractivity contribution in [2.75, 3.05) is 34.2 Å². The summed E-state index contributed by atoms with van der Waals surface area (Å²) in [4.78, 5) is 15.8. The van der Waals surface area contributed by atoms with Crippen LogP contribution in [-0.2, 0) is 6.18 Å². The van der Waals surface area contributed by atoms with Gasteiger partial charge in [0.2, 0.25) is 0 Å². The molecule has 0 spiro atoms. The monoisotopic (exact) mass is 386 g/mol. The molecule has 1 aliphatic rings. The molecule has 0 bridgehead atoms. The second-order valence-corrected chi connectivity index (χ2v) is 7.75. The number of hydrogen-bond acceptors (Lipinski definition) is 3. The maximum absolute atomic E-state index is 12.6. The smallest absolute Gasteiger partial charge is 0.410 e. The van der Waals surface area contributed by atoms with Crippen molar-refractivity contribution in [3.8, 4) is 5.75 Å². The van der Waals surface area contributed by atoms with Crippen LogP contribution in [0.25, 0.3) is 0 Å². The Hall–Kier alpha value is -1.76. The Morgan fingerprint density at radius 2 is 1.59 bits per heavy atom. The zero-order chi connectivity index (χ0) is 20.0. The maximum atomic E-state index is 12.6. The van der Waals surface area contributed by atoms with Crippen LogP contribution in [0.2, 0.25) is 0 Å². The number of halogens is 3. The molecule has 0 saturated heterocycles. The van der Waals surface area contributed by atoms with Gasteiger partial charge in [-0.05, 0) is 69.5 Å². The van der Waals surface area contributed by atoms with E-state index in [1.165, 1.54) is 42.7 Å². The predicted molar refractivity (Wildman–Crippen MR) is 98.7 cm³/mol. The predicted octanol–water partition coefficient (Wildman–Crippen LogP) is 4.89. The highest BCUT2D eigenvalue weighted by molar-refractivity contribution is 5.70. The van der Waals surface area contributed by atoms with Gasteiger partial charge in [0, 0.05) is 20.1 Å². The summed E-state index contributed by atoms with van der Waals surface area (Å²) in [6, 6.07) is 4.16. The minimum absolute atomic E-state index is 0.115. The Morgan fingerprint density at radius 3 is 2.11 bits per heavy atom. The van der Waals surface area contributed by atoms with E-state index in [1.54, 1.807) is 7.05 Å². The van der Waals surface area contributed by atoms with Gasteiger partial charge in [-0.15, -0.1) is 0 Å². The second-order valence-electron chi connectivity index (χ2n) is 7.75. The topological polar surface area (TPSA) is 32.8 Å². The fourth-order valence-electron chi connectivity index (χ4n) is 3.58. The van der Waals surface area contributed by atoms with E-state index in [2.05, 4.69) is 19.0 Å². The van der Waals surface area contributed by atoms with Crippen molar-refractivity contribution in [1.82, 2.24) is 9.80 Å². The number of nitrogens with zero attached hydrogens (tertiary/aromatic N) is 2. The lowest BCUT2D eigenvalue weighted by molar-refractivity contribution is -0.137. The molecule has 1 aromatic rings. The Labute approximate surface area is 159 Å². The Kier molecular flexibility index (Phi) is 7.53. The molecule has 1 fully saturated rings. The van der Waals surface area contributed by atoms with Crippen LogP contribution in [0.15, 0.2) is 24.3 Å². The lowest BCUT2D eigenvalue weighted by Gasteiger charge is -2.31. The molecule has 0 N–H and O–H groups in total. The molecule has 27 heavy (non-hydrogen) atoms. The van der Waals surface area contributed by atoms with Crippen LogP contribution in [0.5, 0.6) is 5.75 Å². The van der Waals surface area contributed by atoms with Gasteiger partial charge in [-0.1, -0.05) is 12.8 Å². The van der Waals surface area contributed by atoms with E-state index in [9.17, 15) is 18.0 Å². The molecule has 0 aromatic heterocycles. The largest absolute Gasteiger partial charge is 0.416 e. The third-order valence-corrected chi connectivity index (χ3v) is 5.16. The highest BCUT2D eigenvalue weighted by atomic mass is 19.4. The first-order valence-electron chi connectivity index (χ1n) is 9.40. The number of ether oxygens (including phenoxy) is 1. The Bertz CT molecular complexity index is 594. The number of alkyl halides is 3. The lowest BCUT2D eigenvalue weighted by Crippen LogP contribution is -2.32. The van der Waals surface area contributed by atoms with Crippen molar-refractivity contribution in [3.05, 3.63) is 29.8 Å². The molecule has 0 aliphatic heterocycles. The van der Waals surface area contributed by atoms with E-state index in [0.717, 1.165) is 31.0 Å². The summed E-state index contributed by atoms with van der Waals surface area (Å²) < 4.78 is 42.8. The van der Waals surface area contributed by atoms with Gasteiger partial charge in [0.15, 0.2) is 0 Å². The minimum Gasteiger partial charge on any atom is -0.410 e. The molecule has 1 amide bonds. The highest BCUT2D eigenvalue weighted by Gasteiger charge is 2.30. The molecular weight excluding hydrogens is 357 g/mol. The van der Waals surface area contributed by atoms with E-state index >= 15 is 0 Å². The second kappa shape index (κ2) is 9.44. The first kappa shape index (κ1) is 21.5. The van der Waals surface area contributed by atoms with Gasteiger partial charge in [0.05, 0.1) is 5.56 Å². The number of carbonyl (C=O) groups excluding carboxylic acids is 1. The molecule has 1 aromatic carbocycles. The summed E-state index contributed by atoms with van der Waals surface area (Å²) in [5.74, 6) is 1.49.